The van der Waals surface area contributed by atoms with Gasteiger partial charge >= 0.3 is 12.5 Å². The van der Waals surface area contributed by atoms with E-state index in [-0.39, 0.29) is 23.6 Å². The molecule has 2 aromatic rings. The number of nitrogens with one attached hydrogen (secondary N) is 1. The number of carbonyl (C=O) groups is 1. The Morgan fingerprint density at radius 2 is 1.84 bits per heavy atom. The van der Waals surface area contributed by atoms with Gasteiger partial charge in [-0.25, -0.2) is 8.42 Å². The number of sulfonamides is 1. The van der Waals surface area contributed by atoms with Gasteiger partial charge in [0.05, 0.1) is 17.0 Å². The van der Waals surface area contributed by atoms with Gasteiger partial charge in [0.25, 0.3) is 5.91 Å². The van der Waals surface area contributed by atoms with Gasteiger partial charge in [-0.15, -0.1) is 13.2 Å². The standard InChI is InChI=1S/C21H14ClF6N3O5S/c1-37(33,34)31-12-4-2-3-11(7-12)30-19(32)14-10-29-18(20(23,24)25)9-17(14)35-16-6-5-13(8-15(16)22)36-21(26,27)28/h2-6,8-10H,7H2,1H3,(H,30,32). The van der Waals surface area contributed by atoms with Crippen molar-refractivity contribution in [1.29, 1.82) is 0 Å². The highest BCUT2D eigenvalue weighted by Gasteiger charge is 2.34. The minimum absolute atomic E-state index is 0.0928. The number of hydrogen-bond acceptors (Lipinski definition) is 6. The summed E-state index contributed by atoms with van der Waals surface area (Å²) < 4.78 is 112. The van der Waals surface area contributed by atoms with Crippen LogP contribution < -0.4 is 14.8 Å². The highest BCUT2D eigenvalue weighted by molar-refractivity contribution is 7.89. The number of benzene rings is 1. The van der Waals surface area contributed by atoms with Crippen molar-refractivity contribution in [2.75, 3.05) is 6.26 Å². The fraction of sp³-hybridized carbons (Fsp3) is 0.190. The number of alkyl halides is 6. The van der Waals surface area contributed by atoms with Crippen molar-refractivity contribution in [1.82, 2.24) is 10.3 Å². The van der Waals surface area contributed by atoms with E-state index in [1.165, 1.54) is 18.2 Å². The Hall–Kier alpha value is -3.59. The van der Waals surface area contributed by atoms with Crippen molar-refractivity contribution in [3.05, 3.63) is 70.7 Å². The fourth-order valence-corrected chi connectivity index (χ4v) is 3.65. The van der Waals surface area contributed by atoms with E-state index in [4.69, 9.17) is 16.3 Å². The molecule has 0 saturated carbocycles. The first-order valence-corrected chi connectivity index (χ1v) is 12.0. The van der Waals surface area contributed by atoms with Crippen molar-refractivity contribution in [2.24, 2.45) is 4.40 Å². The third kappa shape index (κ3) is 8.21. The molecule has 0 atom stereocenters. The highest BCUT2D eigenvalue weighted by Crippen LogP contribution is 2.37. The molecule has 1 aliphatic rings. The number of nitrogens with zero attached hydrogens (tertiary/aromatic N) is 2. The van der Waals surface area contributed by atoms with Crippen LogP contribution in [0.25, 0.3) is 0 Å². The van der Waals surface area contributed by atoms with Crippen molar-refractivity contribution in [2.45, 2.75) is 19.0 Å². The quantitative estimate of drug-likeness (QED) is 0.466. The van der Waals surface area contributed by atoms with Crippen LogP contribution in [0.2, 0.25) is 5.02 Å². The summed E-state index contributed by atoms with van der Waals surface area (Å²) in [7, 11) is -3.73. The molecule has 1 aromatic heterocycles. The summed E-state index contributed by atoms with van der Waals surface area (Å²) in [5, 5.41) is 1.94. The lowest BCUT2D eigenvalue weighted by atomic mass is 10.1. The molecule has 0 saturated heterocycles. The molecule has 3 rings (SSSR count). The smallest absolute Gasteiger partial charge is 0.455 e. The zero-order valence-electron chi connectivity index (χ0n) is 18.3. The molecule has 16 heteroatoms. The van der Waals surface area contributed by atoms with Gasteiger partial charge in [-0.3, -0.25) is 9.78 Å². The molecular formula is C21H14ClF6N3O5S. The lowest BCUT2D eigenvalue weighted by Gasteiger charge is -2.17. The molecule has 0 fully saturated rings. The van der Waals surface area contributed by atoms with Gasteiger partial charge in [0.1, 0.15) is 28.5 Å². The number of hydrogen-bond donors (Lipinski definition) is 1. The van der Waals surface area contributed by atoms with Gasteiger partial charge in [-0.2, -0.15) is 17.6 Å². The van der Waals surface area contributed by atoms with Crippen LogP contribution in [0.4, 0.5) is 26.3 Å². The molecule has 1 N–H and O–H groups in total. The van der Waals surface area contributed by atoms with E-state index in [9.17, 15) is 39.6 Å². The summed E-state index contributed by atoms with van der Waals surface area (Å²) in [6, 6.07) is 2.85. The largest absolute Gasteiger partial charge is 0.573 e. The summed E-state index contributed by atoms with van der Waals surface area (Å²) >= 11 is 5.90. The molecule has 1 amide bonds. The van der Waals surface area contributed by atoms with Crippen LogP contribution in [-0.4, -0.2) is 37.6 Å². The van der Waals surface area contributed by atoms with Crippen LogP contribution in [-0.2, 0) is 16.2 Å². The lowest BCUT2D eigenvalue weighted by molar-refractivity contribution is -0.274. The number of halogens is 7. The van der Waals surface area contributed by atoms with Crippen LogP contribution >= 0.6 is 11.6 Å². The van der Waals surface area contributed by atoms with E-state index >= 15 is 0 Å². The molecule has 0 radical (unpaired) electrons. The van der Waals surface area contributed by atoms with E-state index in [1.54, 1.807) is 0 Å². The van der Waals surface area contributed by atoms with Crippen molar-refractivity contribution in [3.63, 3.8) is 0 Å². The van der Waals surface area contributed by atoms with Crippen molar-refractivity contribution in [3.8, 4) is 17.2 Å². The first-order valence-electron chi connectivity index (χ1n) is 9.78. The minimum Gasteiger partial charge on any atom is -0.455 e. The SMILES string of the molecule is CS(=O)(=O)N=C1C=CC=C(NC(=O)c2cnc(C(F)(F)F)cc2Oc2ccc(OC(F)(F)F)cc2Cl)C1. The number of carbonyl (C=O) groups excluding carboxylic acids is 1. The Kier molecular flexibility index (Phi) is 7.88. The van der Waals surface area contributed by atoms with E-state index in [0.29, 0.717) is 12.3 Å². The average molecular weight is 570 g/mol. The summed E-state index contributed by atoms with van der Waals surface area (Å²) in [5.41, 5.74) is -1.66. The van der Waals surface area contributed by atoms with Gasteiger partial charge in [0.2, 0.25) is 10.0 Å². The predicted molar refractivity (Wildman–Crippen MR) is 119 cm³/mol. The topological polar surface area (TPSA) is 107 Å². The maximum absolute atomic E-state index is 13.2. The molecule has 8 nitrogen and oxygen atoms in total. The molecule has 0 spiro atoms. The molecule has 1 aliphatic carbocycles. The number of rotatable bonds is 6. The second-order valence-electron chi connectivity index (χ2n) is 7.30. The van der Waals surface area contributed by atoms with Gasteiger partial charge in [0.15, 0.2) is 0 Å². The number of ether oxygens (including phenoxy) is 2. The summed E-state index contributed by atoms with van der Waals surface area (Å²) in [5.74, 6) is -2.74. The molecule has 0 aliphatic heterocycles. The van der Waals surface area contributed by atoms with Gasteiger partial charge < -0.3 is 14.8 Å². The molecular weight excluding hydrogens is 556 g/mol. The average Bonchev–Trinajstić information content (AvgIpc) is 2.73. The summed E-state index contributed by atoms with van der Waals surface area (Å²) in [6.07, 6.45) is -4.40. The summed E-state index contributed by atoms with van der Waals surface area (Å²) in [6.45, 7) is 0. The van der Waals surface area contributed by atoms with Gasteiger partial charge in [0, 0.05) is 30.4 Å². The maximum atomic E-state index is 13.2. The zero-order chi connectivity index (χ0) is 27.6. The Morgan fingerprint density at radius 3 is 2.43 bits per heavy atom. The first kappa shape index (κ1) is 28.0. The molecule has 1 aromatic carbocycles. The molecule has 0 bridgehead atoms. The maximum Gasteiger partial charge on any atom is 0.573 e. The third-order valence-electron chi connectivity index (χ3n) is 4.27. The van der Waals surface area contributed by atoms with Crippen molar-refractivity contribution < 1.29 is 49.0 Å². The Bertz CT molecular complexity index is 1420. The molecule has 37 heavy (non-hydrogen) atoms. The third-order valence-corrected chi connectivity index (χ3v) is 5.13. The number of amides is 1. The van der Waals surface area contributed by atoms with Crippen LogP contribution in [0.3, 0.4) is 0 Å². The Balaban J connectivity index is 1.92. The lowest BCUT2D eigenvalue weighted by Crippen LogP contribution is -2.26. The minimum atomic E-state index is -5.02. The van der Waals surface area contributed by atoms with Crippen LogP contribution in [0.1, 0.15) is 22.5 Å². The van der Waals surface area contributed by atoms with Crippen molar-refractivity contribution >= 4 is 33.2 Å². The normalized spacial score (nSPS) is 15.4. The number of pyridine rings is 1. The second kappa shape index (κ2) is 10.4. The predicted octanol–water partition coefficient (Wildman–Crippen LogP) is 5.42. The van der Waals surface area contributed by atoms with E-state index in [2.05, 4.69) is 19.4 Å². The van der Waals surface area contributed by atoms with Gasteiger partial charge in [-0.1, -0.05) is 17.7 Å². The first-order chi connectivity index (χ1) is 17.0. The van der Waals surface area contributed by atoms with Crippen LogP contribution in [0.15, 0.2) is 58.8 Å². The molecule has 0 unspecified atom stereocenters. The number of allylic oxidation sites excluding steroid dienone is 4. The monoisotopic (exact) mass is 569 g/mol. The van der Waals surface area contributed by atoms with Gasteiger partial charge in [-0.05, 0) is 24.3 Å². The molecule has 1 heterocycles. The Morgan fingerprint density at radius 1 is 1.14 bits per heavy atom. The Labute approximate surface area is 210 Å². The summed E-state index contributed by atoms with van der Waals surface area (Å²) in [4.78, 5) is 16.1. The number of aromatic nitrogens is 1. The van der Waals surface area contributed by atoms with E-state index in [0.717, 1.165) is 24.5 Å². The van der Waals surface area contributed by atoms with E-state index in [1.807, 2.05) is 0 Å². The second-order valence-corrected chi connectivity index (χ2v) is 9.36. The van der Waals surface area contributed by atoms with Crippen LogP contribution in [0.5, 0.6) is 17.2 Å². The zero-order valence-corrected chi connectivity index (χ0v) is 19.9. The van der Waals surface area contributed by atoms with E-state index < -0.39 is 56.2 Å². The molecule has 198 valence electrons. The highest BCUT2D eigenvalue weighted by atomic mass is 35.5. The fourth-order valence-electron chi connectivity index (χ4n) is 2.89. The van der Waals surface area contributed by atoms with Crippen LogP contribution in [0, 0.1) is 0 Å².